The Morgan fingerprint density at radius 2 is 2.14 bits per heavy atom. The van der Waals surface area contributed by atoms with Gasteiger partial charge in [-0.2, -0.15) is 0 Å². The third-order valence-electron chi connectivity index (χ3n) is 4.55. The Balaban J connectivity index is 2.81. The van der Waals surface area contributed by atoms with Crippen LogP contribution in [0.3, 0.4) is 0 Å². The molecule has 2 atom stereocenters. The van der Waals surface area contributed by atoms with E-state index in [1.807, 2.05) is 6.92 Å². The van der Waals surface area contributed by atoms with Crippen LogP contribution in [0.15, 0.2) is 10.6 Å². The number of aliphatic hydroxyl groups is 1. The summed E-state index contributed by atoms with van der Waals surface area (Å²) in [6.07, 6.45) is 1.94. The van der Waals surface area contributed by atoms with E-state index in [2.05, 4.69) is 45.3 Å². The van der Waals surface area contributed by atoms with E-state index >= 15 is 0 Å². The second-order valence-electron chi connectivity index (χ2n) is 5.66. The predicted octanol–water partition coefficient (Wildman–Crippen LogP) is 2.20. The summed E-state index contributed by atoms with van der Waals surface area (Å²) >= 11 is 0. The molecule has 1 heterocycles. The minimum Gasteiger partial charge on any atom is -0.388 e. The van der Waals surface area contributed by atoms with Crippen molar-refractivity contribution in [3.63, 3.8) is 0 Å². The molecular formula is C15H28N3O3P. The maximum absolute atomic E-state index is 12.3. The van der Waals surface area contributed by atoms with Crippen molar-refractivity contribution in [3.8, 4) is 0 Å². The van der Waals surface area contributed by atoms with Gasteiger partial charge in [-0.1, -0.05) is 35.3 Å². The quantitative estimate of drug-likeness (QED) is 0.679. The maximum atomic E-state index is 12.3. The third kappa shape index (κ3) is 4.51. The van der Waals surface area contributed by atoms with Crippen LogP contribution in [-0.4, -0.2) is 40.0 Å². The van der Waals surface area contributed by atoms with Crippen molar-refractivity contribution in [1.82, 2.24) is 15.1 Å². The van der Waals surface area contributed by atoms with Crippen molar-refractivity contribution in [2.75, 3.05) is 13.1 Å². The van der Waals surface area contributed by atoms with E-state index in [4.69, 9.17) is 9.63 Å². The van der Waals surface area contributed by atoms with Crippen molar-refractivity contribution in [3.05, 3.63) is 17.5 Å². The topological polar surface area (TPSA) is 78.6 Å². The molecule has 0 aromatic carbocycles. The molecule has 0 saturated heterocycles. The number of amides is 1. The Morgan fingerprint density at radius 1 is 1.50 bits per heavy atom. The molecular weight excluding hydrogens is 301 g/mol. The highest BCUT2D eigenvalue weighted by molar-refractivity contribution is 7.13. The second kappa shape index (κ2) is 8.61. The van der Waals surface area contributed by atoms with E-state index < -0.39 is 0 Å². The SMILES string of the molecule is CCN(P)CC(CC)(CC)C(C)NC(=O)c1cc(CO)on1. The van der Waals surface area contributed by atoms with Crippen LogP contribution in [0.4, 0.5) is 0 Å². The molecule has 2 N–H and O–H groups in total. The molecule has 1 rings (SSSR count). The number of nitrogens with one attached hydrogen (secondary N) is 1. The van der Waals surface area contributed by atoms with Crippen LogP contribution in [0.1, 0.15) is 56.8 Å². The van der Waals surface area contributed by atoms with Crippen molar-refractivity contribution < 1.29 is 14.4 Å². The molecule has 1 aromatic heterocycles. The standard InChI is InChI=1S/C15H28N3O3P/c1-5-15(6-2,10-18(22)7-3)11(4)16-14(20)13-8-12(9-19)21-17-13/h8,11,19H,5-7,9-10,22H2,1-4H3,(H,16,20). The van der Waals surface area contributed by atoms with E-state index in [0.29, 0.717) is 0 Å². The van der Waals surface area contributed by atoms with Crippen LogP contribution in [-0.2, 0) is 6.61 Å². The summed E-state index contributed by atoms with van der Waals surface area (Å²) in [5.41, 5.74) is 0.201. The van der Waals surface area contributed by atoms with Gasteiger partial charge in [-0.25, -0.2) is 0 Å². The van der Waals surface area contributed by atoms with Crippen LogP contribution < -0.4 is 5.32 Å². The van der Waals surface area contributed by atoms with Gasteiger partial charge in [0.05, 0.1) is 0 Å². The first kappa shape index (κ1) is 19.1. The number of hydrogen-bond donors (Lipinski definition) is 2. The van der Waals surface area contributed by atoms with E-state index in [9.17, 15) is 4.79 Å². The van der Waals surface area contributed by atoms with E-state index in [0.717, 1.165) is 25.9 Å². The second-order valence-corrected chi connectivity index (χ2v) is 6.39. The Labute approximate surface area is 134 Å². The zero-order valence-corrected chi connectivity index (χ0v) is 15.1. The molecule has 1 amide bonds. The lowest BCUT2D eigenvalue weighted by molar-refractivity contribution is 0.0841. The molecule has 6 nitrogen and oxygen atoms in total. The fourth-order valence-electron chi connectivity index (χ4n) is 2.66. The number of hydrogen-bond acceptors (Lipinski definition) is 5. The fraction of sp³-hybridized carbons (Fsp3) is 0.733. The van der Waals surface area contributed by atoms with Crippen molar-refractivity contribution in [1.29, 1.82) is 0 Å². The summed E-state index contributed by atoms with van der Waals surface area (Å²) < 4.78 is 7.05. The average molecular weight is 329 g/mol. The Bertz CT molecular complexity index is 474. The highest BCUT2D eigenvalue weighted by Crippen LogP contribution is 2.33. The van der Waals surface area contributed by atoms with Crippen molar-refractivity contribution in [2.24, 2.45) is 5.41 Å². The van der Waals surface area contributed by atoms with Crippen LogP contribution in [0, 0.1) is 5.41 Å². The first-order valence-electron chi connectivity index (χ1n) is 7.79. The van der Waals surface area contributed by atoms with Gasteiger partial charge in [0.1, 0.15) is 6.61 Å². The Morgan fingerprint density at radius 3 is 2.59 bits per heavy atom. The van der Waals surface area contributed by atoms with Crippen LogP contribution in [0.25, 0.3) is 0 Å². The lowest BCUT2D eigenvalue weighted by atomic mass is 9.76. The number of carbonyl (C=O) groups is 1. The van der Waals surface area contributed by atoms with Crippen LogP contribution in [0.5, 0.6) is 0 Å². The highest BCUT2D eigenvalue weighted by Gasteiger charge is 2.35. The fourth-order valence-corrected chi connectivity index (χ4v) is 3.02. The summed E-state index contributed by atoms with van der Waals surface area (Å²) in [7, 11) is 2.74. The molecule has 0 fully saturated rings. The molecule has 0 bridgehead atoms. The molecule has 0 radical (unpaired) electrons. The van der Waals surface area contributed by atoms with Crippen LogP contribution in [0.2, 0.25) is 0 Å². The number of nitrogens with zero attached hydrogens (tertiary/aromatic N) is 2. The molecule has 0 spiro atoms. The van der Waals surface area contributed by atoms with Gasteiger partial charge in [0.25, 0.3) is 5.91 Å². The third-order valence-corrected chi connectivity index (χ3v) is 5.09. The Hall–Kier alpha value is -0.970. The van der Waals surface area contributed by atoms with Gasteiger partial charge >= 0.3 is 0 Å². The lowest BCUT2D eigenvalue weighted by Crippen LogP contribution is -2.50. The molecule has 1 aromatic rings. The maximum Gasteiger partial charge on any atom is 0.273 e. The van der Waals surface area contributed by atoms with Crippen LogP contribution >= 0.6 is 9.39 Å². The highest BCUT2D eigenvalue weighted by atomic mass is 31.0. The van der Waals surface area contributed by atoms with Gasteiger partial charge < -0.3 is 14.9 Å². The summed E-state index contributed by atoms with van der Waals surface area (Å²) in [6, 6.07) is 1.47. The summed E-state index contributed by atoms with van der Waals surface area (Å²) in [4.78, 5) is 12.3. The molecule has 7 heteroatoms. The number of aliphatic hydroxyl groups excluding tert-OH is 1. The van der Waals surface area contributed by atoms with Gasteiger partial charge in [0.15, 0.2) is 11.5 Å². The Kier molecular flexibility index (Phi) is 7.46. The predicted molar refractivity (Wildman–Crippen MR) is 89.3 cm³/mol. The molecule has 0 aliphatic carbocycles. The van der Waals surface area contributed by atoms with Gasteiger partial charge in [0, 0.05) is 24.1 Å². The van der Waals surface area contributed by atoms with Gasteiger partial charge in [-0.3, -0.25) is 9.46 Å². The molecule has 0 aliphatic rings. The normalized spacial score (nSPS) is 13.4. The molecule has 0 aliphatic heterocycles. The summed E-state index contributed by atoms with van der Waals surface area (Å²) in [6.45, 7) is 10.0. The zero-order valence-electron chi connectivity index (χ0n) is 13.9. The largest absolute Gasteiger partial charge is 0.388 e. The molecule has 22 heavy (non-hydrogen) atoms. The lowest BCUT2D eigenvalue weighted by Gasteiger charge is -2.40. The zero-order chi connectivity index (χ0) is 16.8. The van der Waals surface area contributed by atoms with E-state index in [1.165, 1.54) is 6.07 Å². The number of rotatable bonds is 9. The van der Waals surface area contributed by atoms with E-state index in [-0.39, 0.29) is 35.4 Å². The monoisotopic (exact) mass is 329 g/mol. The number of aromatic nitrogens is 1. The van der Waals surface area contributed by atoms with Crippen molar-refractivity contribution in [2.45, 2.75) is 53.2 Å². The average Bonchev–Trinajstić information content (AvgIpc) is 3.01. The van der Waals surface area contributed by atoms with E-state index in [1.54, 1.807) is 0 Å². The number of carbonyl (C=O) groups excluding carboxylic acids is 1. The molecule has 126 valence electrons. The van der Waals surface area contributed by atoms with Gasteiger partial charge in [-0.05, 0) is 26.3 Å². The van der Waals surface area contributed by atoms with Gasteiger partial charge in [-0.15, -0.1) is 0 Å². The van der Waals surface area contributed by atoms with Crippen molar-refractivity contribution >= 4 is 15.3 Å². The molecule has 2 unspecified atom stereocenters. The summed E-state index contributed by atoms with van der Waals surface area (Å²) in [5.74, 6) is 0.0196. The van der Waals surface area contributed by atoms with Gasteiger partial charge in [0.2, 0.25) is 0 Å². The smallest absolute Gasteiger partial charge is 0.273 e. The minimum absolute atomic E-state index is 0.00104. The summed E-state index contributed by atoms with van der Waals surface area (Å²) in [5, 5.41) is 15.7. The first-order chi connectivity index (χ1) is 10.4. The molecule has 0 saturated carbocycles. The first-order valence-corrected chi connectivity index (χ1v) is 8.31. The minimum atomic E-state index is -0.269.